The molecule has 0 spiro atoms. The summed E-state index contributed by atoms with van der Waals surface area (Å²) in [5.41, 5.74) is 0. The van der Waals surface area contributed by atoms with Crippen LogP contribution in [0.15, 0.2) is 0 Å². The van der Waals surface area contributed by atoms with E-state index in [-0.39, 0.29) is 0 Å². The van der Waals surface area contributed by atoms with Crippen LogP contribution in [-0.2, 0) is 0 Å². The average molecular weight is 417 g/mol. The molecule has 0 atom stereocenters. The fourth-order valence-electron chi connectivity index (χ4n) is 3.63. The number of hydrogen-bond donors (Lipinski definition) is 0. The SMILES string of the molecule is CCCCN(CCCC)[PH+](N(CCCC)CCCC)N(CCCC)CCCC. The van der Waals surface area contributed by atoms with Crippen LogP contribution in [0.4, 0.5) is 0 Å². The first-order valence-electron chi connectivity index (χ1n) is 12.8. The van der Waals surface area contributed by atoms with Gasteiger partial charge in [-0.05, 0) is 38.5 Å². The van der Waals surface area contributed by atoms with Crippen molar-refractivity contribution in [2.45, 2.75) is 119 Å². The predicted octanol–water partition coefficient (Wildman–Crippen LogP) is 7.65. The van der Waals surface area contributed by atoms with Crippen LogP contribution in [0, 0.1) is 0 Å². The van der Waals surface area contributed by atoms with Gasteiger partial charge in [0, 0.05) is 39.3 Å². The number of unbranched alkanes of at least 4 members (excludes halogenated alkanes) is 6. The van der Waals surface area contributed by atoms with Gasteiger partial charge in [-0.15, -0.1) is 0 Å². The van der Waals surface area contributed by atoms with Crippen molar-refractivity contribution in [1.29, 1.82) is 0 Å². The van der Waals surface area contributed by atoms with Gasteiger partial charge in [0.25, 0.3) is 0 Å². The van der Waals surface area contributed by atoms with E-state index in [1.54, 1.807) is 0 Å². The molecule has 0 aliphatic heterocycles. The van der Waals surface area contributed by atoms with Crippen LogP contribution in [0.5, 0.6) is 0 Å². The Kier molecular flexibility index (Phi) is 20.8. The zero-order valence-electron chi connectivity index (χ0n) is 20.6. The Morgan fingerprint density at radius 2 is 0.536 bits per heavy atom. The zero-order chi connectivity index (χ0) is 21.0. The van der Waals surface area contributed by atoms with Crippen LogP contribution in [0.25, 0.3) is 0 Å². The molecule has 0 amide bonds. The second kappa shape index (κ2) is 20.6. The maximum Gasteiger partial charge on any atom is 0.213 e. The summed E-state index contributed by atoms with van der Waals surface area (Å²) in [5.74, 6) is 0. The highest BCUT2D eigenvalue weighted by Gasteiger charge is 2.37. The highest BCUT2D eigenvalue weighted by atomic mass is 31.2. The van der Waals surface area contributed by atoms with Crippen molar-refractivity contribution in [3.8, 4) is 0 Å². The van der Waals surface area contributed by atoms with Crippen molar-refractivity contribution >= 4 is 8.37 Å². The lowest BCUT2D eigenvalue weighted by atomic mass is 10.3. The Morgan fingerprint density at radius 1 is 0.357 bits per heavy atom. The van der Waals surface area contributed by atoms with E-state index in [4.69, 9.17) is 0 Å². The van der Waals surface area contributed by atoms with Gasteiger partial charge in [0.15, 0.2) is 0 Å². The van der Waals surface area contributed by atoms with Crippen molar-refractivity contribution < 1.29 is 0 Å². The van der Waals surface area contributed by atoms with E-state index in [0.717, 1.165) is 0 Å². The second-order valence-corrected chi connectivity index (χ2v) is 10.9. The Hall–Kier alpha value is 0.310. The van der Waals surface area contributed by atoms with E-state index in [9.17, 15) is 0 Å². The smallest absolute Gasteiger partial charge is 0.150 e. The first kappa shape index (κ1) is 28.3. The van der Waals surface area contributed by atoms with Crippen molar-refractivity contribution in [2.24, 2.45) is 0 Å². The van der Waals surface area contributed by atoms with Crippen molar-refractivity contribution in [3.05, 3.63) is 0 Å². The molecule has 0 saturated heterocycles. The van der Waals surface area contributed by atoms with E-state index in [0.29, 0.717) is 0 Å². The van der Waals surface area contributed by atoms with Gasteiger partial charge in [0.05, 0.1) is 0 Å². The second-order valence-electron chi connectivity index (χ2n) is 8.38. The summed E-state index contributed by atoms with van der Waals surface area (Å²) >= 11 is 0. The molecular weight excluding hydrogens is 361 g/mol. The van der Waals surface area contributed by atoms with Gasteiger partial charge in [-0.3, -0.25) is 0 Å². The molecule has 3 nitrogen and oxygen atoms in total. The minimum absolute atomic E-state index is 0.794. The predicted molar refractivity (Wildman–Crippen MR) is 132 cm³/mol. The summed E-state index contributed by atoms with van der Waals surface area (Å²) < 4.78 is 8.86. The fraction of sp³-hybridized carbons (Fsp3) is 1.00. The quantitative estimate of drug-likeness (QED) is 0.178. The zero-order valence-corrected chi connectivity index (χ0v) is 21.6. The molecule has 0 aromatic carbocycles. The van der Waals surface area contributed by atoms with Crippen LogP contribution in [0.3, 0.4) is 0 Å². The highest BCUT2D eigenvalue weighted by molar-refractivity contribution is 7.50. The average Bonchev–Trinajstić information content (AvgIpc) is 2.72. The van der Waals surface area contributed by atoms with E-state index in [2.05, 4.69) is 55.6 Å². The van der Waals surface area contributed by atoms with Crippen LogP contribution in [0.2, 0.25) is 0 Å². The minimum atomic E-state index is -0.794. The summed E-state index contributed by atoms with van der Waals surface area (Å²) in [4.78, 5) is 0. The molecule has 0 N–H and O–H groups in total. The molecule has 170 valence electrons. The summed E-state index contributed by atoms with van der Waals surface area (Å²) in [7, 11) is -0.794. The van der Waals surface area contributed by atoms with Crippen LogP contribution in [-0.4, -0.2) is 53.3 Å². The van der Waals surface area contributed by atoms with Gasteiger partial charge in [0.2, 0.25) is 8.37 Å². The van der Waals surface area contributed by atoms with Gasteiger partial charge in [-0.1, -0.05) is 80.1 Å². The molecular formula is C24H55N3P+. The minimum Gasteiger partial charge on any atom is -0.150 e. The lowest BCUT2D eigenvalue weighted by Gasteiger charge is -2.38. The molecule has 4 heteroatoms. The fourth-order valence-corrected chi connectivity index (χ4v) is 6.98. The Balaban J connectivity index is 5.67. The molecule has 0 rings (SSSR count). The molecule has 0 saturated carbocycles. The first-order chi connectivity index (χ1) is 13.7. The largest absolute Gasteiger partial charge is 0.213 e. The maximum absolute atomic E-state index is 2.95. The van der Waals surface area contributed by atoms with E-state index < -0.39 is 8.37 Å². The summed E-state index contributed by atoms with van der Waals surface area (Å²) in [5, 5.41) is 0. The van der Waals surface area contributed by atoms with Crippen LogP contribution in [0.1, 0.15) is 119 Å². The van der Waals surface area contributed by atoms with Gasteiger partial charge >= 0.3 is 0 Å². The van der Waals surface area contributed by atoms with E-state index >= 15 is 0 Å². The summed E-state index contributed by atoms with van der Waals surface area (Å²) in [6.07, 6.45) is 16.0. The number of hydrogen-bond acceptors (Lipinski definition) is 3. The monoisotopic (exact) mass is 416 g/mol. The normalized spacial score (nSPS) is 12.2. The van der Waals surface area contributed by atoms with Gasteiger partial charge < -0.3 is 0 Å². The van der Waals surface area contributed by atoms with Crippen LogP contribution >= 0.6 is 8.37 Å². The Morgan fingerprint density at radius 3 is 0.679 bits per heavy atom. The Labute approximate surface area is 180 Å². The first-order valence-corrected chi connectivity index (χ1v) is 14.2. The third-order valence-electron chi connectivity index (χ3n) is 5.54. The third kappa shape index (κ3) is 12.8. The van der Waals surface area contributed by atoms with Crippen molar-refractivity contribution in [2.75, 3.05) is 39.3 Å². The van der Waals surface area contributed by atoms with Gasteiger partial charge in [0.1, 0.15) is 0 Å². The van der Waals surface area contributed by atoms with Crippen LogP contribution < -0.4 is 0 Å². The maximum atomic E-state index is 2.95. The topological polar surface area (TPSA) is 9.72 Å². The molecule has 0 fully saturated rings. The lowest BCUT2D eigenvalue weighted by molar-refractivity contribution is 0.301. The third-order valence-corrected chi connectivity index (χ3v) is 8.58. The van der Waals surface area contributed by atoms with E-state index in [1.807, 2.05) is 0 Å². The van der Waals surface area contributed by atoms with Gasteiger partial charge in [-0.2, -0.15) is 14.0 Å². The molecule has 0 heterocycles. The summed E-state index contributed by atoms with van der Waals surface area (Å²) in [6.45, 7) is 21.9. The standard InChI is InChI=1S/C24H54N3P/c1-7-13-19-25(20-14-8-2)28(26(21-15-9-3)22-16-10-4)27(23-17-11-5)24-18-12-6/h7-24H2,1-6H3/p+1. The van der Waals surface area contributed by atoms with Gasteiger partial charge in [-0.25, -0.2) is 0 Å². The molecule has 0 aliphatic rings. The van der Waals surface area contributed by atoms with E-state index in [1.165, 1.54) is 116 Å². The van der Waals surface area contributed by atoms with Crippen molar-refractivity contribution in [1.82, 2.24) is 14.0 Å². The molecule has 0 radical (unpaired) electrons. The highest BCUT2D eigenvalue weighted by Crippen LogP contribution is 2.49. The lowest BCUT2D eigenvalue weighted by Crippen LogP contribution is -2.40. The molecule has 0 aromatic rings. The number of rotatable bonds is 21. The molecule has 0 aliphatic carbocycles. The van der Waals surface area contributed by atoms with Crippen molar-refractivity contribution in [3.63, 3.8) is 0 Å². The molecule has 0 unspecified atom stereocenters. The summed E-state index contributed by atoms with van der Waals surface area (Å²) in [6, 6.07) is 0. The number of nitrogens with zero attached hydrogens (tertiary/aromatic N) is 3. The molecule has 0 aromatic heterocycles. The molecule has 28 heavy (non-hydrogen) atoms. The Bertz CT molecular complexity index is 243. The molecule has 0 bridgehead atoms.